The average Bonchev–Trinajstić information content (AvgIpc) is 2.84. The fourth-order valence-corrected chi connectivity index (χ4v) is 3.21. The van der Waals surface area contributed by atoms with E-state index < -0.39 is 11.9 Å². The lowest BCUT2D eigenvalue weighted by molar-refractivity contribution is -0.118. The van der Waals surface area contributed by atoms with Gasteiger partial charge in [0, 0.05) is 31.4 Å². The second-order valence-corrected chi connectivity index (χ2v) is 7.19. The highest BCUT2D eigenvalue weighted by Crippen LogP contribution is 2.23. The molecule has 2 aromatic carbocycles. The molecule has 0 aliphatic carbocycles. The molecule has 2 heterocycles. The van der Waals surface area contributed by atoms with Crippen LogP contribution in [-0.4, -0.2) is 38.9 Å². The number of aromatic nitrogens is 4. The van der Waals surface area contributed by atoms with Gasteiger partial charge in [-0.1, -0.05) is 60.7 Å². The first-order valence-electron chi connectivity index (χ1n) is 10.1. The lowest BCUT2D eigenvalue weighted by atomic mass is 10.1. The molecular weight excluding hydrogens is 402 g/mol. The van der Waals surface area contributed by atoms with E-state index in [4.69, 9.17) is 5.73 Å². The van der Waals surface area contributed by atoms with Gasteiger partial charge in [0.1, 0.15) is 17.7 Å². The van der Waals surface area contributed by atoms with Crippen molar-refractivity contribution in [2.45, 2.75) is 12.5 Å². The molecule has 1 amide bonds. The lowest BCUT2D eigenvalue weighted by Crippen LogP contribution is -2.37. The third kappa shape index (κ3) is 5.04. The smallest absolute Gasteiger partial charge is 0.240 e. The van der Waals surface area contributed by atoms with Gasteiger partial charge in [0.2, 0.25) is 11.9 Å². The standard InChI is InChI=1S/C24H23N7O/c1-31(20-12-14-26-23(29-20)18-10-6-3-7-11-18)21-13-15-27-24(30-21)28-19(22(25)32)16-17-8-4-2-5-9-17/h2-15,19H,16H2,1H3,(H2,25,32)(H,27,28,30)/t19-/m1/s1. The van der Waals surface area contributed by atoms with Crippen LogP contribution in [0.4, 0.5) is 17.6 Å². The van der Waals surface area contributed by atoms with Gasteiger partial charge in [-0.3, -0.25) is 4.79 Å². The van der Waals surface area contributed by atoms with Crippen molar-refractivity contribution in [2.24, 2.45) is 5.73 Å². The number of hydrogen-bond donors (Lipinski definition) is 2. The normalized spacial score (nSPS) is 11.5. The molecule has 0 saturated carbocycles. The molecule has 8 heteroatoms. The number of benzene rings is 2. The molecule has 0 bridgehead atoms. The van der Waals surface area contributed by atoms with E-state index in [1.54, 1.807) is 18.5 Å². The number of nitrogens with zero attached hydrogens (tertiary/aromatic N) is 5. The molecule has 3 N–H and O–H groups in total. The van der Waals surface area contributed by atoms with Crippen LogP contribution in [0.15, 0.2) is 85.2 Å². The highest BCUT2D eigenvalue weighted by molar-refractivity contribution is 5.82. The van der Waals surface area contributed by atoms with Gasteiger partial charge in [0.05, 0.1) is 0 Å². The van der Waals surface area contributed by atoms with Crippen molar-refractivity contribution in [3.05, 3.63) is 90.8 Å². The van der Waals surface area contributed by atoms with E-state index in [-0.39, 0.29) is 0 Å². The topological polar surface area (TPSA) is 110 Å². The SMILES string of the molecule is CN(c1ccnc(N[C@H](Cc2ccccc2)C(N)=O)n1)c1ccnc(-c2ccccc2)n1. The summed E-state index contributed by atoms with van der Waals surface area (Å²) in [6.07, 6.45) is 3.78. The van der Waals surface area contributed by atoms with E-state index in [2.05, 4.69) is 25.3 Å². The van der Waals surface area contributed by atoms with Crippen LogP contribution in [-0.2, 0) is 11.2 Å². The van der Waals surface area contributed by atoms with E-state index in [1.165, 1.54) is 0 Å². The number of carbonyl (C=O) groups excluding carboxylic acids is 1. The summed E-state index contributed by atoms with van der Waals surface area (Å²) in [5.41, 5.74) is 7.53. The van der Waals surface area contributed by atoms with E-state index >= 15 is 0 Å². The second kappa shape index (κ2) is 9.65. The summed E-state index contributed by atoms with van der Waals surface area (Å²) < 4.78 is 0. The fourth-order valence-electron chi connectivity index (χ4n) is 3.21. The summed E-state index contributed by atoms with van der Waals surface area (Å²) in [6.45, 7) is 0. The van der Waals surface area contributed by atoms with E-state index in [0.717, 1.165) is 11.1 Å². The third-order valence-corrected chi connectivity index (χ3v) is 4.93. The van der Waals surface area contributed by atoms with Crippen LogP contribution in [0.2, 0.25) is 0 Å². The van der Waals surface area contributed by atoms with E-state index in [9.17, 15) is 4.79 Å². The van der Waals surface area contributed by atoms with Gasteiger partial charge in [-0.2, -0.15) is 4.98 Å². The third-order valence-electron chi connectivity index (χ3n) is 4.93. The molecular formula is C24H23N7O. The first-order valence-corrected chi connectivity index (χ1v) is 10.1. The monoisotopic (exact) mass is 425 g/mol. The fraction of sp³-hybridized carbons (Fsp3) is 0.125. The Morgan fingerprint density at radius 1 is 0.906 bits per heavy atom. The van der Waals surface area contributed by atoms with Crippen molar-refractivity contribution in [1.29, 1.82) is 0 Å². The summed E-state index contributed by atoms with van der Waals surface area (Å²) >= 11 is 0. The number of hydrogen-bond acceptors (Lipinski definition) is 7. The van der Waals surface area contributed by atoms with Crippen molar-refractivity contribution in [3.63, 3.8) is 0 Å². The van der Waals surface area contributed by atoms with Gasteiger partial charge in [-0.05, 0) is 17.7 Å². The van der Waals surface area contributed by atoms with Crippen LogP contribution in [0.1, 0.15) is 5.56 Å². The molecule has 0 radical (unpaired) electrons. The minimum Gasteiger partial charge on any atom is -0.368 e. The quantitative estimate of drug-likeness (QED) is 0.446. The van der Waals surface area contributed by atoms with Gasteiger partial charge in [0.15, 0.2) is 5.82 Å². The van der Waals surface area contributed by atoms with Gasteiger partial charge >= 0.3 is 0 Å². The predicted octanol–water partition coefficient (Wildman–Crippen LogP) is 3.21. The predicted molar refractivity (Wildman–Crippen MR) is 124 cm³/mol. The largest absolute Gasteiger partial charge is 0.368 e. The zero-order valence-corrected chi connectivity index (χ0v) is 17.6. The maximum absolute atomic E-state index is 12.0. The molecule has 32 heavy (non-hydrogen) atoms. The number of anilines is 3. The Labute approximate surface area is 186 Å². The molecule has 0 saturated heterocycles. The Morgan fingerprint density at radius 3 is 2.22 bits per heavy atom. The number of rotatable bonds is 8. The van der Waals surface area contributed by atoms with Crippen molar-refractivity contribution < 1.29 is 4.79 Å². The Morgan fingerprint density at radius 2 is 1.53 bits per heavy atom. The summed E-state index contributed by atoms with van der Waals surface area (Å²) in [5.74, 6) is 1.76. The summed E-state index contributed by atoms with van der Waals surface area (Å²) in [6, 6.07) is 22.4. The summed E-state index contributed by atoms with van der Waals surface area (Å²) in [5, 5.41) is 3.05. The molecule has 160 valence electrons. The van der Waals surface area contributed by atoms with Crippen LogP contribution >= 0.6 is 0 Å². The Kier molecular flexibility index (Phi) is 6.31. The number of nitrogens with one attached hydrogen (secondary N) is 1. The number of primary amides is 1. The molecule has 4 aromatic rings. The van der Waals surface area contributed by atoms with Crippen LogP contribution in [0, 0.1) is 0 Å². The van der Waals surface area contributed by atoms with E-state index in [1.807, 2.05) is 78.7 Å². The zero-order valence-electron chi connectivity index (χ0n) is 17.6. The molecule has 0 aliphatic rings. The maximum atomic E-state index is 12.0. The van der Waals surface area contributed by atoms with Gasteiger partial charge in [-0.25, -0.2) is 15.0 Å². The molecule has 0 unspecified atom stereocenters. The van der Waals surface area contributed by atoms with Gasteiger partial charge < -0.3 is 16.0 Å². The zero-order chi connectivity index (χ0) is 22.3. The summed E-state index contributed by atoms with van der Waals surface area (Å²) in [7, 11) is 1.86. The average molecular weight is 425 g/mol. The summed E-state index contributed by atoms with van der Waals surface area (Å²) in [4.78, 5) is 31.7. The minimum atomic E-state index is -0.637. The Balaban J connectivity index is 1.54. The van der Waals surface area contributed by atoms with Crippen molar-refractivity contribution in [1.82, 2.24) is 19.9 Å². The first-order chi connectivity index (χ1) is 15.6. The number of nitrogens with two attached hydrogens (primary N) is 1. The van der Waals surface area contributed by atoms with Crippen molar-refractivity contribution in [2.75, 3.05) is 17.3 Å². The Hall–Kier alpha value is -4.33. The maximum Gasteiger partial charge on any atom is 0.240 e. The first kappa shape index (κ1) is 20.9. The molecule has 1 atom stereocenters. The van der Waals surface area contributed by atoms with E-state index in [0.29, 0.717) is 29.8 Å². The second-order valence-electron chi connectivity index (χ2n) is 7.19. The number of amides is 1. The molecule has 0 fully saturated rings. The van der Waals surface area contributed by atoms with Gasteiger partial charge in [0.25, 0.3) is 0 Å². The lowest BCUT2D eigenvalue weighted by Gasteiger charge is -2.20. The Bertz CT molecular complexity index is 1190. The van der Waals surface area contributed by atoms with Crippen molar-refractivity contribution in [3.8, 4) is 11.4 Å². The van der Waals surface area contributed by atoms with Crippen LogP contribution < -0.4 is 16.0 Å². The number of carbonyl (C=O) groups is 1. The molecule has 2 aromatic heterocycles. The van der Waals surface area contributed by atoms with Crippen LogP contribution in [0.5, 0.6) is 0 Å². The molecule has 0 spiro atoms. The molecule has 0 aliphatic heterocycles. The highest BCUT2D eigenvalue weighted by Gasteiger charge is 2.18. The van der Waals surface area contributed by atoms with Crippen molar-refractivity contribution >= 4 is 23.5 Å². The molecule has 8 nitrogen and oxygen atoms in total. The van der Waals surface area contributed by atoms with Crippen LogP contribution in [0.25, 0.3) is 11.4 Å². The van der Waals surface area contributed by atoms with Crippen LogP contribution in [0.3, 0.4) is 0 Å². The molecule has 4 rings (SSSR count). The van der Waals surface area contributed by atoms with Gasteiger partial charge in [-0.15, -0.1) is 0 Å². The highest BCUT2D eigenvalue weighted by atomic mass is 16.1. The minimum absolute atomic E-state index is 0.312.